The Morgan fingerprint density at radius 3 is 2.50 bits per heavy atom. The number of aromatic nitrogens is 1. The quantitative estimate of drug-likeness (QED) is 0.388. The average Bonchev–Trinajstić information content (AvgIpc) is 3.00. The van der Waals surface area contributed by atoms with Gasteiger partial charge < -0.3 is 19.2 Å². The van der Waals surface area contributed by atoms with Gasteiger partial charge in [0.1, 0.15) is 0 Å². The van der Waals surface area contributed by atoms with Gasteiger partial charge in [0.15, 0.2) is 11.5 Å². The standard InChI is InChI=1S/C22H29N3O5/c1-8-29-22(27)19-13(4)20(23-14(19)5)15(6)24-25-21(26)16-9-10-17(30-12(2)3)18(11-16)28-7/h9-12,23H,8H2,1-7H3,(H,25,26)/b24-15+. The van der Waals surface area contributed by atoms with Crippen LogP contribution in [0.3, 0.4) is 0 Å². The average molecular weight is 415 g/mol. The summed E-state index contributed by atoms with van der Waals surface area (Å²) in [7, 11) is 1.52. The van der Waals surface area contributed by atoms with Crippen molar-refractivity contribution in [3.8, 4) is 11.5 Å². The number of nitrogens with one attached hydrogen (secondary N) is 2. The molecule has 0 saturated carbocycles. The van der Waals surface area contributed by atoms with E-state index in [0.717, 1.165) is 5.56 Å². The van der Waals surface area contributed by atoms with Crippen LogP contribution in [-0.2, 0) is 4.74 Å². The van der Waals surface area contributed by atoms with Crippen LogP contribution >= 0.6 is 0 Å². The van der Waals surface area contributed by atoms with E-state index in [1.807, 2.05) is 20.8 Å². The molecule has 0 bridgehead atoms. The summed E-state index contributed by atoms with van der Waals surface area (Å²) in [4.78, 5) is 27.8. The predicted octanol–water partition coefficient (Wildman–Crippen LogP) is 3.76. The zero-order valence-electron chi connectivity index (χ0n) is 18.5. The number of amides is 1. The van der Waals surface area contributed by atoms with Gasteiger partial charge in [0, 0.05) is 11.3 Å². The molecule has 0 spiro atoms. The lowest BCUT2D eigenvalue weighted by atomic mass is 10.1. The SMILES string of the molecule is CCOC(=O)c1c(C)[nH]c(/C(C)=N/NC(=O)c2ccc(OC(C)C)c(OC)c2)c1C. The van der Waals surface area contributed by atoms with Crippen LogP contribution in [0.2, 0.25) is 0 Å². The van der Waals surface area contributed by atoms with E-state index in [0.29, 0.717) is 46.3 Å². The third-order valence-corrected chi connectivity index (χ3v) is 4.39. The summed E-state index contributed by atoms with van der Waals surface area (Å²) in [6.07, 6.45) is -0.0159. The third-order valence-electron chi connectivity index (χ3n) is 4.39. The van der Waals surface area contributed by atoms with E-state index in [-0.39, 0.29) is 12.1 Å². The lowest BCUT2D eigenvalue weighted by Crippen LogP contribution is -2.20. The van der Waals surface area contributed by atoms with E-state index in [4.69, 9.17) is 14.2 Å². The lowest BCUT2D eigenvalue weighted by molar-refractivity contribution is 0.0524. The summed E-state index contributed by atoms with van der Waals surface area (Å²) in [6, 6.07) is 4.93. The second-order valence-electron chi connectivity index (χ2n) is 7.02. The molecule has 2 rings (SSSR count). The molecule has 1 aromatic carbocycles. The minimum Gasteiger partial charge on any atom is -0.493 e. The maximum absolute atomic E-state index is 12.5. The number of aromatic amines is 1. The van der Waals surface area contributed by atoms with Gasteiger partial charge in [0.05, 0.1) is 36.8 Å². The molecule has 8 nitrogen and oxygen atoms in total. The molecule has 0 aliphatic rings. The summed E-state index contributed by atoms with van der Waals surface area (Å²) >= 11 is 0. The van der Waals surface area contributed by atoms with Crippen LogP contribution in [0, 0.1) is 13.8 Å². The lowest BCUT2D eigenvalue weighted by Gasteiger charge is -2.14. The van der Waals surface area contributed by atoms with E-state index in [9.17, 15) is 9.59 Å². The minimum atomic E-state index is -0.393. The van der Waals surface area contributed by atoms with Crippen molar-refractivity contribution in [3.05, 3.63) is 46.3 Å². The fraction of sp³-hybridized carbons (Fsp3) is 0.409. The van der Waals surface area contributed by atoms with Gasteiger partial charge in [0.2, 0.25) is 0 Å². The van der Waals surface area contributed by atoms with E-state index in [1.165, 1.54) is 7.11 Å². The molecular weight excluding hydrogens is 386 g/mol. The van der Waals surface area contributed by atoms with Gasteiger partial charge in [-0.05, 0) is 65.3 Å². The Balaban J connectivity index is 2.21. The van der Waals surface area contributed by atoms with Crippen molar-refractivity contribution >= 4 is 17.6 Å². The van der Waals surface area contributed by atoms with Crippen molar-refractivity contribution in [2.24, 2.45) is 5.10 Å². The van der Waals surface area contributed by atoms with Crippen molar-refractivity contribution in [3.63, 3.8) is 0 Å². The van der Waals surface area contributed by atoms with E-state index in [1.54, 1.807) is 39.0 Å². The van der Waals surface area contributed by atoms with Crippen LogP contribution in [0.1, 0.15) is 65.4 Å². The molecule has 0 fully saturated rings. The molecule has 0 aliphatic heterocycles. The molecule has 8 heteroatoms. The first-order chi connectivity index (χ1) is 14.2. The second-order valence-corrected chi connectivity index (χ2v) is 7.02. The van der Waals surface area contributed by atoms with Crippen LogP contribution < -0.4 is 14.9 Å². The molecule has 2 N–H and O–H groups in total. The van der Waals surface area contributed by atoms with Crippen molar-refractivity contribution < 1.29 is 23.8 Å². The number of esters is 1. The van der Waals surface area contributed by atoms with Gasteiger partial charge in [-0.3, -0.25) is 4.79 Å². The molecule has 2 aromatic rings. The normalized spacial score (nSPS) is 11.4. The summed E-state index contributed by atoms with van der Waals surface area (Å²) in [5.74, 6) is 0.248. The second kappa shape index (κ2) is 9.96. The zero-order valence-corrected chi connectivity index (χ0v) is 18.5. The first-order valence-corrected chi connectivity index (χ1v) is 9.75. The van der Waals surface area contributed by atoms with Crippen LogP contribution in [0.4, 0.5) is 0 Å². The van der Waals surface area contributed by atoms with E-state index >= 15 is 0 Å². The van der Waals surface area contributed by atoms with Crippen LogP contribution in [0.15, 0.2) is 23.3 Å². The van der Waals surface area contributed by atoms with Crippen molar-refractivity contribution in [1.29, 1.82) is 0 Å². The Bertz CT molecular complexity index is 960. The van der Waals surface area contributed by atoms with Crippen LogP contribution in [0.5, 0.6) is 11.5 Å². The van der Waals surface area contributed by atoms with Gasteiger partial charge in [-0.25, -0.2) is 10.2 Å². The third kappa shape index (κ3) is 5.20. The zero-order chi connectivity index (χ0) is 22.4. The van der Waals surface area contributed by atoms with Gasteiger partial charge in [-0.15, -0.1) is 0 Å². The Morgan fingerprint density at radius 2 is 1.90 bits per heavy atom. The number of nitrogens with zero attached hydrogens (tertiary/aromatic N) is 1. The van der Waals surface area contributed by atoms with Crippen molar-refractivity contribution in [2.75, 3.05) is 13.7 Å². The minimum absolute atomic E-state index is 0.0159. The van der Waals surface area contributed by atoms with Crippen molar-refractivity contribution in [2.45, 2.75) is 47.6 Å². The number of benzene rings is 1. The van der Waals surface area contributed by atoms with Crippen LogP contribution in [0.25, 0.3) is 0 Å². The molecule has 1 aromatic heterocycles. The highest BCUT2D eigenvalue weighted by Crippen LogP contribution is 2.29. The molecule has 0 saturated heterocycles. The van der Waals surface area contributed by atoms with Gasteiger partial charge in [0.25, 0.3) is 5.91 Å². The predicted molar refractivity (Wildman–Crippen MR) is 115 cm³/mol. The number of H-pyrrole nitrogens is 1. The largest absolute Gasteiger partial charge is 0.493 e. The highest BCUT2D eigenvalue weighted by Gasteiger charge is 2.20. The number of ether oxygens (including phenoxy) is 3. The van der Waals surface area contributed by atoms with Crippen LogP contribution in [-0.4, -0.2) is 42.4 Å². The molecule has 162 valence electrons. The maximum atomic E-state index is 12.5. The number of hydrazone groups is 1. The number of carbonyl (C=O) groups is 2. The topological polar surface area (TPSA) is 102 Å². The highest BCUT2D eigenvalue weighted by molar-refractivity contribution is 6.04. The Kier molecular flexibility index (Phi) is 7.63. The van der Waals surface area contributed by atoms with E-state index in [2.05, 4.69) is 15.5 Å². The number of hydrogen-bond donors (Lipinski definition) is 2. The molecule has 0 unspecified atom stereocenters. The summed E-state index contributed by atoms with van der Waals surface area (Å²) in [6.45, 7) is 11.2. The number of aryl methyl sites for hydroxylation is 1. The monoisotopic (exact) mass is 415 g/mol. The number of rotatable bonds is 8. The fourth-order valence-electron chi connectivity index (χ4n) is 3.04. The molecular formula is C22H29N3O5. The molecule has 0 aliphatic carbocycles. The molecule has 1 amide bonds. The van der Waals surface area contributed by atoms with Crippen molar-refractivity contribution in [1.82, 2.24) is 10.4 Å². The fourth-order valence-corrected chi connectivity index (χ4v) is 3.04. The number of carbonyl (C=O) groups excluding carboxylic acids is 2. The number of methoxy groups -OCH3 is 1. The van der Waals surface area contributed by atoms with Gasteiger partial charge in [-0.1, -0.05) is 0 Å². The first-order valence-electron chi connectivity index (χ1n) is 9.75. The molecule has 30 heavy (non-hydrogen) atoms. The Labute approximate surface area is 176 Å². The smallest absolute Gasteiger partial charge is 0.340 e. The highest BCUT2D eigenvalue weighted by atomic mass is 16.5. The van der Waals surface area contributed by atoms with Gasteiger partial charge >= 0.3 is 5.97 Å². The van der Waals surface area contributed by atoms with Gasteiger partial charge in [-0.2, -0.15) is 5.10 Å². The maximum Gasteiger partial charge on any atom is 0.340 e. The van der Waals surface area contributed by atoms with E-state index < -0.39 is 5.91 Å². The first kappa shape index (κ1) is 23.0. The Hall–Kier alpha value is -3.29. The summed E-state index contributed by atoms with van der Waals surface area (Å²) < 4.78 is 16.1. The molecule has 1 heterocycles. The molecule has 0 atom stereocenters. The summed E-state index contributed by atoms with van der Waals surface area (Å²) in [5.41, 5.74) is 6.00. The summed E-state index contributed by atoms with van der Waals surface area (Å²) in [5, 5.41) is 4.18. The number of hydrogen-bond acceptors (Lipinski definition) is 6. The Morgan fingerprint density at radius 1 is 1.20 bits per heavy atom. The molecule has 0 radical (unpaired) electrons.